The highest BCUT2D eigenvalue weighted by atomic mass is 16.1. The Morgan fingerprint density at radius 1 is 1.18 bits per heavy atom. The highest BCUT2D eigenvalue weighted by Gasteiger charge is 2.50. The zero-order valence-electron chi connectivity index (χ0n) is 14.8. The Morgan fingerprint density at radius 3 is 2.55 bits per heavy atom. The predicted octanol–water partition coefficient (Wildman–Crippen LogP) is 5.63. The first-order valence-corrected chi connectivity index (χ1v) is 8.92. The van der Waals surface area contributed by atoms with E-state index in [2.05, 4.69) is 46.8 Å². The maximum atomic E-state index is 11.3. The zero-order valence-corrected chi connectivity index (χ0v) is 14.8. The molecule has 0 aliphatic heterocycles. The number of fused-ring (bicyclic) bond motifs is 3. The molecule has 0 aromatic carbocycles. The van der Waals surface area contributed by atoms with Crippen molar-refractivity contribution in [2.24, 2.45) is 22.7 Å². The molecule has 0 aromatic heterocycles. The van der Waals surface area contributed by atoms with Gasteiger partial charge in [-0.2, -0.15) is 0 Å². The Morgan fingerprint density at radius 2 is 1.91 bits per heavy atom. The first-order chi connectivity index (χ1) is 10.3. The topological polar surface area (TPSA) is 17.1 Å². The van der Waals surface area contributed by atoms with E-state index < -0.39 is 0 Å². The fourth-order valence-electron chi connectivity index (χ4n) is 5.04. The first-order valence-electron chi connectivity index (χ1n) is 8.92. The summed E-state index contributed by atoms with van der Waals surface area (Å²) in [5.41, 5.74) is 6.43. The van der Waals surface area contributed by atoms with Gasteiger partial charge in [-0.25, -0.2) is 0 Å². The summed E-state index contributed by atoms with van der Waals surface area (Å²) in [5.74, 6) is 1.16. The van der Waals surface area contributed by atoms with Crippen molar-refractivity contribution < 1.29 is 4.79 Å². The minimum Gasteiger partial charge on any atom is -0.298 e. The van der Waals surface area contributed by atoms with Crippen LogP contribution in [-0.4, -0.2) is 6.29 Å². The van der Waals surface area contributed by atoms with E-state index in [1.54, 1.807) is 16.7 Å². The quantitative estimate of drug-likeness (QED) is 0.604. The van der Waals surface area contributed by atoms with Crippen LogP contribution in [0, 0.1) is 22.7 Å². The van der Waals surface area contributed by atoms with Crippen molar-refractivity contribution in [1.29, 1.82) is 0 Å². The summed E-state index contributed by atoms with van der Waals surface area (Å²) in [4.78, 5) is 11.3. The van der Waals surface area contributed by atoms with Crippen LogP contribution in [0.25, 0.3) is 0 Å². The number of hydrogen-bond donors (Lipinski definition) is 0. The summed E-state index contributed by atoms with van der Waals surface area (Å²) in [6.45, 7) is 11.9. The highest BCUT2D eigenvalue weighted by molar-refractivity contribution is 5.74. The fraction of sp³-hybridized carbons (Fsp3) is 0.667. The molecule has 0 heterocycles. The number of allylic oxidation sites excluding steroid dienone is 6. The second-order valence-corrected chi connectivity index (χ2v) is 8.58. The Kier molecular flexibility index (Phi) is 3.74. The molecule has 1 fully saturated rings. The number of aldehydes is 1. The molecule has 3 atom stereocenters. The molecule has 1 saturated carbocycles. The third-order valence-electron chi connectivity index (χ3n) is 6.89. The van der Waals surface area contributed by atoms with Gasteiger partial charge in [-0.3, -0.25) is 4.79 Å². The summed E-state index contributed by atoms with van der Waals surface area (Å²) < 4.78 is 0. The Balaban J connectivity index is 2.19. The highest BCUT2D eigenvalue weighted by Crippen LogP contribution is 2.62. The van der Waals surface area contributed by atoms with Crippen molar-refractivity contribution in [2.75, 3.05) is 0 Å². The van der Waals surface area contributed by atoms with Gasteiger partial charge in [0.1, 0.15) is 6.29 Å². The Labute approximate surface area is 135 Å². The third kappa shape index (κ3) is 2.16. The minimum absolute atomic E-state index is 0.223. The van der Waals surface area contributed by atoms with Gasteiger partial charge in [-0.1, -0.05) is 52.3 Å². The lowest BCUT2D eigenvalue weighted by Crippen LogP contribution is -2.38. The van der Waals surface area contributed by atoms with E-state index in [0.717, 1.165) is 18.3 Å². The van der Waals surface area contributed by atoms with Gasteiger partial charge in [-0.05, 0) is 71.5 Å². The molecule has 2 unspecified atom stereocenters. The lowest BCUT2D eigenvalue weighted by Gasteiger charge is -2.48. The summed E-state index contributed by atoms with van der Waals surface area (Å²) in [6.07, 6.45) is 11.5. The van der Waals surface area contributed by atoms with Crippen LogP contribution in [0.5, 0.6) is 0 Å². The van der Waals surface area contributed by atoms with Crippen molar-refractivity contribution >= 4 is 6.29 Å². The van der Waals surface area contributed by atoms with E-state index >= 15 is 0 Å². The average Bonchev–Trinajstić information content (AvgIpc) is 2.76. The largest absolute Gasteiger partial charge is 0.298 e. The van der Waals surface area contributed by atoms with Gasteiger partial charge in [0.05, 0.1) is 0 Å². The lowest BCUT2D eigenvalue weighted by molar-refractivity contribution is -0.105. The van der Waals surface area contributed by atoms with E-state index in [-0.39, 0.29) is 5.41 Å². The van der Waals surface area contributed by atoms with Crippen LogP contribution >= 0.6 is 0 Å². The number of carbonyl (C=O) groups is 1. The van der Waals surface area contributed by atoms with Gasteiger partial charge in [0.2, 0.25) is 0 Å². The van der Waals surface area contributed by atoms with Crippen LogP contribution in [0.4, 0.5) is 0 Å². The summed E-state index contributed by atoms with van der Waals surface area (Å²) in [7, 11) is 0. The molecular formula is C21H30O. The molecule has 1 heteroatoms. The number of carbonyl (C=O) groups excluding carboxylic acids is 1. The minimum atomic E-state index is 0.223. The Hall–Kier alpha value is -1.11. The van der Waals surface area contributed by atoms with E-state index in [1.807, 2.05) is 0 Å². The first kappa shape index (κ1) is 15.8. The second-order valence-electron chi connectivity index (χ2n) is 8.58. The average molecular weight is 298 g/mol. The fourth-order valence-corrected chi connectivity index (χ4v) is 5.04. The molecule has 0 radical (unpaired) electrons. The monoisotopic (exact) mass is 298 g/mol. The molecule has 0 bridgehead atoms. The third-order valence-corrected chi connectivity index (χ3v) is 6.89. The van der Waals surface area contributed by atoms with Crippen LogP contribution in [0.1, 0.15) is 66.7 Å². The van der Waals surface area contributed by atoms with Crippen LogP contribution in [0.15, 0.2) is 34.4 Å². The molecule has 0 N–H and O–H groups in total. The van der Waals surface area contributed by atoms with Crippen molar-refractivity contribution in [3.05, 3.63) is 34.4 Å². The number of hydrogen-bond acceptors (Lipinski definition) is 1. The predicted molar refractivity (Wildman–Crippen MR) is 92.6 cm³/mol. The van der Waals surface area contributed by atoms with Gasteiger partial charge >= 0.3 is 0 Å². The molecule has 120 valence electrons. The van der Waals surface area contributed by atoms with E-state index in [1.165, 1.54) is 25.7 Å². The van der Waals surface area contributed by atoms with Crippen LogP contribution < -0.4 is 0 Å². The second kappa shape index (κ2) is 5.22. The lowest BCUT2D eigenvalue weighted by atomic mass is 9.55. The van der Waals surface area contributed by atoms with Crippen LogP contribution in [-0.2, 0) is 4.79 Å². The molecule has 3 aliphatic rings. The van der Waals surface area contributed by atoms with Gasteiger partial charge < -0.3 is 0 Å². The molecule has 3 aliphatic carbocycles. The van der Waals surface area contributed by atoms with E-state index in [9.17, 15) is 4.79 Å². The molecule has 1 nitrogen and oxygen atoms in total. The molecule has 0 saturated heterocycles. The van der Waals surface area contributed by atoms with E-state index in [4.69, 9.17) is 0 Å². The van der Waals surface area contributed by atoms with Crippen molar-refractivity contribution in [3.63, 3.8) is 0 Å². The SMILES string of the molecule is CC(C)C1=C2C3=CC=C(C=O)CC(C)[C@]3(C)CCC2(C)CC1. The molecule has 0 aromatic rings. The van der Waals surface area contributed by atoms with Crippen LogP contribution in [0.3, 0.4) is 0 Å². The zero-order chi connectivity index (χ0) is 16.1. The molecule has 0 spiro atoms. The van der Waals surface area contributed by atoms with Gasteiger partial charge in [0, 0.05) is 0 Å². The van der Waals surface area contributed by atoms with Crippen LogP contribution in [0.2, 0.25) is 0 Å². The molecule has 0 amide bonds. The Bertz CT molecular complexity index is 589. The van der Waals surface area contributed by atoms with Crippen molar-refractivity contribution in [2.45, 2.75) is 66.7 Å². The standard InChI is InChI=1S/C21H30O/c1-14(2)17-8-9-20(4)10-11-21(5)15(3)12-16(13-22)6-7-18(21)19(17)20/h6-7,13-15H,8-12H2,1-5H3/t15?,20?,21-/m0/s1. The summed E-state index contributed by atoms with van der Waals surface area (Å²) in [6, 6.07) is 0. The number of rotatable bonds is 2. The molecule has 22 heavy (non-hydrogen) atoms. The van der Waals surface area contributed by atoms with Crippen molar-refractivity contribution in [3.8, 4) is 0 Å². The maximum Gasteiger partial charge on any atom is 0.146 e. The normalized spacial score (nSPS) is 38.2. The van der Waals surface area contributed by atoms with E-state index in [0.29, 0.717) is 17.3 Å². The summed E-state index contributed by atoms with van der Waals surface area (Å²) >= 11 is 0. The molecular weight excluding hydrogens is 268 g/mol. The van der Waals surface area contributed by atoms with Gasteiger partial charge in [0.15, 0.2) is 0 Å². The summed E-state index contributed by atoms with van der Waals surface area (Å²) in [5, 5.41) is 0. The molecule has 3 rings (SSSR count). The van der Waals surface area contributed by atoms with Gasteiger partial charge in [0.25, 0.3) is 0 Å². The smallest absolute Gasteiger partial charge is 0.146 e. The maximum absolute atomic E-state index is 11.3. The van der Waals surface area contributed by atoms with Gasteiger partial charge in [-0.15, -0.1) is 0 Å². The van der Waals surface area contributed by atoms with Crippen molar-refractivity contribution in [1.82, 2.24) is 0 Å².